The SMILES string of the molecule is O=C(NC(CO)C(=O)NCc1ccc(F)cc1)c1ccncc1. The number of nitrogens with zero attached hydrogens (tertiary/aromatic N) is 1. The van der Waals surface area contributed by atoms with Crippen molar-refractivity contribution < 1.29 is 19.1 Å². The number of halogens is 1. The molecule has 1 aromatic heterocycles. The molecule has 0 radical (unpaired) electrons. The highest BCUT2D eigenvalue weighted by Gasteiger charge is 2.20. The summed E-state index contributed by atoms with van der Waals surface area (Å²) in [5.41, 5.74) is 1.04. The summed E-state index contributed by atoms with van der Waals surface area (Å²) in [6, 6.07) is 7.58. The van der Waals surface area contributed by atoms with Gasteiger partial charge >= 0.3 is 0 Å². The summed E-state index contributed by atoms with van der Waals surface area (Å²) in [4.78, 5) is 27.8. The van der Waals surface area contributed by atoms with E-state index < -0.39 is 24.5 Å². The lowest BCUT2D eigenvalue weighted by molar-refractivity contribution is -0.124. The van der Waals surface area contributed by atoms with Gasteiger partial charge in [-0.05, 0) is 29.8 Å². The number of carbonyl (C=O) groups is 2. The van der Waals surface area contributed by atoms with E-state index in [-0.39, 0.29) is 12.4 Å². The lowest BCUT2D eigenvalue weighted by atomic mass is 10.2. The van der Waals surface area contributed by atoms with Crippen molar-refractivity contribution in [1.29, 1.82) is 0 Å². The number of hydrogen-bond acceptors (Lipinski definition) is 4. The second-order valence-corrected chi connectivity index (χ2v) is 4.79. The molecule has 0 aliphatic carbocycles. The normalized spacial score (nSPS) is 11.6. The second kappa shape index (κ2) is 8.00. The zero-order valence-electron chi connectivity index (χ0n) is 12.2. The van der Waals surface area contributed by atoms with Crippen molar-refractivity contribution in [3.8, 4) is 0 Å². The van der Waals surface area contributed by atoms with Gasteiger partial charge in [0.2, 0.25) is 5.91 Å². The smallest absolute Gasteiger partial charge is 0.252 e. The third kappa shape index (κ3) is 4.86. The van der Waals surface area contributed by atoms with Gasteiger partial charge in [-0.25, -0.2) is 4.39 Å². The molecule has 1 atom stereocenters. The Labute approximate surface area is 132 Å². The van der Waals surface area contributed by atoms with Crippen molar-refractivity contribution in [2.45, 2.75) is 12.6 Å². The first-order valence-electron chi connectivity index (χ1n) is 6.94. The first-order chi connectivity index (χ1) is 11.1. The van der Waals surface area contributed by atoms with Gasteiger partial charge in [-0.1, -0.05) is 12.1 Å². The van der Waals surface area contributed by atoms with Crippen LogP contribution in [0.5, 0.6) is 0 Å². The number of benzene rings is 1. The van der Waals surface area contributed by atoms with Gasteiger partial charge in [-0.2, -0.15) is 0 Å². The van der Waals surface area contributed by atoms with Gasteiger partial charge in [0.25, 0.3) is 5.91 Å². The molecule has 0 saturated heterocycles. The lowest BCUT2D eigenvalue weighted by Gasteiger charge is -2.16. The molecule has 0 aliphatic heterocycles. The standard InChI is InChI=1S/C16H16FN3O3/c17-13-3-1-11(2-4-13)9-19-16(23)14(10-21)20-15(22)12-5-7-18-8-6-12/h1-8,14,21H,9-10H2,(H,19,23)(H,20,22). The molecule has 1 heterocycles. The van der Waals surface area contributed by atoms with E-state index in [1.807, 2.05) is 0 Å². The maximum atomic E-state index is 12.8. The minimum Gasteiger partial charge on any atom is -0.394 e. The Morgan fingerprint density at radius 3 is 2.39 bits per heavy atom. The molecule has 120 valence electrons. The summed E-state index contributed by atoms with van der Waals surface area (Å²) in [6.45, 7) is -0.368. The summed E-state index contributed by atoms with van der Waals surface area (Å²) >= 11 is 0. The number of pyridine rings is 1. The summed E-state index contributed by atoms with van der Waals surface area (Å²) in [5, 5.41) is 14.3. The Balaban J connectivity index is 1.90. The molecule has 0 bridgehead atoms. The van der Waals surface area contributed by atoms with E-state index >= 15 is 0 Å². The lowest BCUT2D eigenvalue weighted by Crippen LogP contribution is -2.48. The van der Waals surface area contributed by atoms with Gasteiger partial charge in [0.1, 0.15) is 11.9 Å². The monoisotopic (exact) mass is 317 g/mol. The topological polar surface area (TPSA) is 91.3 Å². The zero-order chi connectivity index (χ0) is 16.7. The van der Waals surface area contributed by atoms with Crippen molar-refractivity contribution in [1.82, 2.24) is 15.6 Å². The van der Waals surface area contributed by atoms with Gasteiger partial charge < -0.3 is 15.7 Å². The van der Waals surface area contributed by atoms with Crippen molar-refractivity contribution in [2.75, 3.05) is 6.61 Å². The molecule has 0 spiro atoms. The maximum Gasteiger partial charge on any atom is 0.252 e. The van der Waals surface area contributed by atoms with E-state index in [0.29, 0.717) is 11.1 Å². The molecule has 1 unspecified atom stereocenters. The largest absolute Gasteiger partial charge is 0.394 e. The Kier molecular flexibility index (Phi) is 5.76. The van der Waals surface area contributed by atoms with Gasteiger partial charge in [-0.3, -0.25) is 14.6 Å². The fraction of sp³-hybridized carbons (Fsp3) is 0.188. The summed E-state index contributed by atoms with van der Waals surface area (Å²) in [6.07, 6.45) is 2.91. The van der Waals surface area contributed by atoms with Crippen LogP contribution < -0.4 is 10.6 Å². The van der Waals surface area contributed by atoms with E-state index in [4.69, 9.17) is 0 Å². The van der Waals surface area contributed by atoms with E-state index in [1.165, 1.54) is 36.7 Å². The third-order valence-electron chi connectivity index (χ3n) is 3.13. The van der Waals surface area contributed by atoms with Crippen molar-refractivity contribution in [2.24, 2.45) is 0 Å². The zero-order valence-corrected chi connectivity index (χ0v) is 12.2. The van der Waals surface area contributed by atoms with Gasteiger partial charge in [0.15, 0.2) is 0 Å². The van der Waals surface area contributed by atoms with E-state index in [1.54, 1.807) is 12.1 Å². The highest BCUT2D eigenvalue weighted by atomic mass is 19.1. The number of rotatable bonds is 6. The third-order valence-corrected chi connectivity index (χ3v) is 3.13. The molecular weight excluding hydrogens is 301 g/mol. The van der Waals surface area contributed by atoms with Crippen LogP contribution >= 0.6 is 0 Å². The van der Waals surface area contributed by atoms with E-state index in [0.717, 1.165) is 0 Å². The maximum absolute atomic E-state index is 12.8. The first-order valence-corrected chi connectivity index (χ1v) is 6.94. The molecule has 6 nitrogen and oxygen atoms in total. The Bertz CT molecular complexity index is 662. The van der Waals surface area contributed by atoms with Gasteiger partial charge in [0.05, 0.1) is 6.61 Å². The van der Waals surface area contributed by atoms with Crippen LogP contribution in [0.4, 0.5) is 4.39 Å². The van der Waals surface area contributed by atoms with Crippen molar-refractivity contribution in [3.63, 3.8) is 0 Å². The van der Waals surface area contributed by atoms with Crippen LogP contribution in [-0.4, -0.2) is 34.6 Å². The van der Waals surface area contributed by atoms with Crippen LogP contribution in [0, 0.1) is 5.82 Å². The number of hydrogen-bond donors (Lipinski definition) is 3. The Morgan fingerprint density at radius 1 is 1.13 bits per heavy atom. The van der Waals surface area contributed by atoms with Crippen molar-refractivity contribution in [3.05, 3.63) is 65.7 Å². The Hall–Kier alpha value is -2.80. The minimum atomic E-state index is -1.07. The molecule has 2 aromatic rings. The van der Waals surface area contributed by atoms with Crippen LogP contribution in [0.2, 0.25) is 0 Å². The van der Waals surface area contributed by atoms with Crippen molar-refractivity contribution >= 4 is 11.8 Å². The van der Waals surface area contributed by atoms with Crippen LogP contribution in [-0.2, 0) is 11.3 Å². The first kappa shape index (κ1) is 16.6. The highest BCUT2D eigenvalue weighted by Crippen LogP contribution is 2.02. The predicted octanol–water partition coefficient (Wildman–Crippen LogP) is 0.628. The summed E-state index contributed by atoms with van der Waals surface area (Å²) in [7, 11) is 0. The average molecular weight is 317 g/mol. The molecule has 2 amide bonds. The molecule has 2 rings (SSSR count). The van der Waals surface area contributed by atoms with E-state index in [2.05, 4.69) is 15.6 Å². The number of aromatic nitrogens is 1. The van der Waals surface area contributed by atoms with Gasteiger partial charge in [-0.15, -0.1) is 0 Å². The average Bonchev–Trinajstić information content (AvgIpc) is 2.59. The van der Waals surface area contributed by atoms with Crippen LogP contribution in [0.15, 0.2) is 48.8 Å². The fourth-order valence-electron chi connectivity index (χ4n) is 1.85. The number of nitrogens with one attached hydrogen (secondary N) is 2. The Morgan fingerprint density at radius 2 is 1.78 bits per heavy atom. The molecule has 0 fully saturated rings. The molecule has 7 heteroatoms. The molecule has 3 N–H and O–H groups in total. The second-order valence-electron chi connectivity index (χ2n) is 4.79. The molecule has 1 aromatic carbocycles. The fourth-order valence-corrected chi connectivity index (χ4v) is 1.85. The number of aliphatic hydroxyl groups is 1. The minimum absolute atomic E-state index is 0.167. The molecule has 0 saturated carbocycles. The summed E-state index contributed by atoms with van der Waals surface area (Å²) < 4.78 is 12.8. The van der Waals surface area contributed by atoms with Crippen LogP contribution in [0.1, 0.15) is 15.9 Å². The highest BCUT2D eigenvalue weighted by molar-refractivity contribution is 5.97. The number of amides is 2. The number of aliphatic hydroxyl groups excluding tert-OH is 1. The molecule has 0 aliphatic rings. The van der Waals surface area contributed by atoms with Crippen LogP contribution in [0.25, 0.3) is 0 Å². The predicted molar refractivity (Wildman–Crippen MR) is 80.8 cm³/mol. The molecular formula is C16H16FN3O3. The molecule has 23 heavy (non-hydrogen) atoms. The number of carbonyl (C=O) groups excluding carboxylic acids is 2. The van der Waals surface area contributed by atoms with Gasteiger partial charge in [0, 0.05) is 24.5 Å². The van der Waals surface area contributed by atoms with E-state index in [9.17, 15) is 19.1 Å². The quantitative estimate of drug-likeness (QED) is 0.729. The summed E-state index contributed by atoms with van der Waals surface area (Å²) in [5.74, 6) is -1.37. The van der Waals surface area contributed by atoms with Crippen LogP contribution in [0.3, 0.4) is 0 Å².